The van der Waals surface area contributed by atoms with E-state index < -0.39 is 5.60 Å². The number of ether oxygens (including phenoxy) is 2. The molecule has 1 aromatic rings. The van der Waals surface area contributed by atoms with Crippen LogP contribution in [0.1, 0.15) is 20.3 Å². The molecule has 92 valence electrons. The lowest BCUT2D eigenvalue weighted by atomic mass is 10.00. The summed E-state index contributed by atoms with van der Waals surface area (Å²) >= 11 is 0. The van der Waals surface area contributed by atoms with Crippen LogP contribution in [0.3, 0.4) is 0 Å². The van der Waals surface area contributed by atoms with Crippen LogP contribution >= 0.6 is 0 Å². The van der Waals surface area contributed by atoms with Gasteiger partial charge in [0.2, 0.25) is 5.60 Å². The number of hydrogen-bond acceptors (Lipinski definition) is 3. The fraction of sp³-hybridized carbons (Fsp3) is 0.357. The lowest BCUT2D eigenvalue weighted by Gasteiger charge is -2.27. The summed E-state index contributed by atoms with van der Waals surface area (Å²) in [5.74, 6) is 0.264. The number of carbonyl (C=O) groups is 1. The second kappa shape index (κ2) is 6.09. The maximum Gasteiger partial charge on any atom is 0.354 e. The molecule has 0 N–H and O–H groups in total. The molecule has 0 aliphatic carbocycles. The van der Waals surface area contributed by atoms with E-state index in [1.807, 2.05) is 44.2 Å². The molecule has 1 unspecified atom stereocenters. The van der Waals surface area contributed by atoms with Crippen molar-refractivity contribution in [2.45, 2.75) is 25.9 Å². The van der Waals surface area contributed by atoms with Crippen molar-refractivity contribution in [3.05, 3.63) is 42.5 Å². The minimum absolute atomic E-state index is 0.387. The Balaban J connectivity index is 3.02. The van der Waals surface area contributed by atoms with E-state index in [1.165, 1.54) is 7.11 Å². The third kappa shape index (κ3) is 3.09. The fourth-order valence-corrected chi connectivity index (χ4v) is 1.62. The first-order valence-electron chi connectivity index (χ1n) is 5.65. The Hall–Kier alpha value is -1.77. The van der Waals surface area contributed by atoms with Crippen LogP contribution in [-0.2, 0) is 9.53 Å². The number of esters is 1. The average Bonchev–Trinajstić information content (AvgIpc) is 2.38. The van der Waals surface area contributed by atoms with Gasteiger partial charge in [-0.1, -0.05) is 31.2 Å². The molecule has 0 bridgehead atoms. The maximum atomic E-state index is 11.9. The highest BCUT2D eigenvalue weighted by Gasteiger charge is 2.37. The van der Waals surface area contributed by atoms with Crippen molar-refractivity contribution in [3.63, 3.8) is 0 Å². The predicted octanol–water partition coefficient (Wildman–Crippen LogP) is 2.96. The second-order valence-corrected chi connectivity index (χ2v) is 3.65. The summed E-state index contributed by atoms with van der Waals surface area (Å²) in [5.41, 5.74) is -1.04. The van der Waals surface area contributed by atoms with Crippen molar-refractivity contribution >= 4 is 5.97 Å². The van der Waals surface area contributed by atoms with Gasteiger partial charge in [0.15, 0.2) is 0 Å². The molecule has 1 aromatic carbocycles. The average molecular weight is 234 g/mol. The van der Waals surface area contributed by atoms with Crippen molar-refractivity contribution in [1.29, 1.82) is 0 Å². The number of carbonyl (C=O) groups excluding carboxylic acids is 1. The molecule has 0 heterocycles. The van der Waals surface area contributed by atoms with E-state index in [2.05, 4.69) is 0 Å². The van der Waals surface area contributed by atoms with Gasteiger partial charge in [-0.05, 0) is 31.6 Å². The molecule has 0 aliphatic heterocycles. The molecule has 0 radical (unpaired) electrons. The Morgan fingerprint density at radius 2 is 2.00 bits per heavy atom. The van der Waals surface area contributed by atoms with Gasteiger partial charge in [0, 0.05) is 0 Å². The van der Waals surface area contributed by atoms with E-state index in [-0.39, 0.29) is 5.97 Å². The molecule has 17 heavy (non-hydrogen) atoms. The van der Waals surface area contributed by atoms with Crippen LogP contribution < -0.4 is 4.74 Å². The molecular formula is C14H18O3. The lowest BCUT2D eigenvalue weighted by molar-refractivity contribution is -0.155. The van der Waals surface area contributed by atoms with Gasteiger partial charge in [0.1, 0.15) is 5.75 Å². The fourth-order valence-electron chi connectivity index (χ4n) is 1.62. The normalized spacial score (nSPS) is 14.3. The summed E-state index contributed by atoms with van der Waals surface area (Å²) in [6, 6.07) is 9.26. The van der Waals surface area contributed by atoms with Crippen molar-refractivity contribution in [2.24, 2.45) is 0 Å². The highest BCUT2D eigenvalue weighted by molar-refractivity contribution is 5.82. The molecule has 0 fully saturated rings. The first-order valence-corrected chi connectivity index (χ1v) is 5.65. The minimum atomic E-state index is -1.04. The van der Waals surface area contributed by atoms with Gasteiger partial charge in [-0.3, -0.25) is 0 Å². The smallest absolute Gasteiger partial charge is 0.354 e. The molecule has 0 aromatic heterocycles. The third-order valence-electron chi connectivity index (χ3n) is 2.54. The van der Waals surface area contributed by atoms with Crippen LogP contribution in [0, 0.1) is 0 Å². The third-order valence-corrected chi connectivity index (χ3v) is 2.54. The van der Waals surface area contributed by atoms with Crippen LogP contribution in [0.15, 0.2) is 42.5 Å². The highest BCUT2D eigenvalue weighted by Crippen LogP contribution is 2.24. The van der Waals surface area contributed by atoms with E-state index in [1.54, 1.807) is 12.2 Å². The topological polar surface area (TPSA) is 35.5 Å². The summed E-state index contributed by atoms with van der Waals surface area (Å²) in [4.78, 5) is 11.9. The molecule has 0 saturated carbocycles. The minimum Gasteiger partial charge on any atom is -0.471 e. The van der Waals surface area contributed by atoms with Crippen LogP contribution in [-0.4, -0.2) is 18.7 Å². The number of para-hydroxylation sites is 1. The van der Waals surface area contributed by atoms with Crippen molar-refractivity contribution in [1.82, 2.24) is 0 Å². The number of benzene rings is 1. The summed E-state index contributed by atoms with van der Waals surface area (Å²) in [6.45, 7) is 3.74. The Labute approximate surface area is 102 Å². The van der Waals surface area contributed by atoms with Gasteiger partial charge in [-0.25, -0.2) is 4.79 Å². The molecular weight excluding hydrogens is 216 g/mol. The van der Waals surface area contributed by atoms with E-state index in [4.69, 9.17) is 9.47 Å². The summed E-state index contributed by atoms with van der Waals surface area (Å²) < 4.78 is 10.6. The van der Waals surface area contributed by atoms with Gasteiger partial charge in [-0.15, -0.1) is 0 Å². The zero-order valence-corrected chi connectivity index (χ0v) is 10.5. The Kier molecular flexibility index (Phi) is 4.76. The lowest BCUT2D eigenvalue weighted by Crippen LogP contribution is -2.43. The summed E-state index contributed by atoms with van der Waals surface area (Å²) in [6.07, 6.45) is 4.04. The van der Waals surface area contributed by atoms with Crippen molar-refractivity contribution < 1.29 is 14.3 Å². The molecule has 3 nitrogen and oxygen atoms in total. The largest absolute Gasteiger partial charge is 0.471 e. The Morgan fingerprint density at radius 1 is 1.35 bits per heavy atom. The molecule has 3 heteroatoms. The van der Waals surface area contributed by atoms with Crippen molar-refractivity contribution in [2.75, 3.05) is 7.11 Å². The first kappa shape index (κ1) is 13.3. The number of rotatable bonds is 5. The standard InChI is InChI=1S/C14H18O3/c1-4-11-14(5-2,13(15)16-3)17-12-9-7-6-8-10-12/h4,6-11H,5H2,1-3H3/b11-4-. The van der Waals surface area contributed by atoms with Crippen LogP contribution in [0.5, 0.6) is 5.75 Å². The predicted molar refractivity (Wildman–Crippen MR) is 66.9 cm³/mol. The van der Waals surface area contributed by atoms with E-state index in [9.17, 15) is 4.79 Å². The van der Waals surface area contributed by atoms with Gasteiger partial charge in [-0.2, -0.15) is 0 Å². The first-order chi connectivity index (χ1) is 8.18. The quantitative estimate of drug-likeness (QED) is 0.580. The van der Waals surface area contributed by atoms with E-state index >= 15 is 0 Å². The van der Waals surface area contributed by atoms with Gasteiger partial charge < -0.3 is 9.47 Å². The van der Waals surface area contributed by atoms with Gasteiger partial charge in [0.25, 0.3) is 0 Å². The SMILES string of the molecule is C/C=C\C(CC)(Oc1ccccc1)C(=O)OC. The zero-order chi connectivity index (χ0) is 12.7. The molecule has 0 aliphatic rings. The maximum absolute atomic E-state index is 11.9. The molecule has 1 rings (SSSR count). The van der Waals surface area contributed by atoms with E-state index in [0.717, 1.165) is 0 Å². The zero-order valence-electron chi connectivity index (χ0n) is 10.5. The highest BCUT2D eigenvalue weighted by atomic mass is 16.6. The van der Waals surface area contributed by atoms with Crippen molar-refractivity contribution in [3.8, 4) is 5.75 Å². The monoisotopic (exact) mass is 234 g/mol. The molecule has 0 spiro atoms. The summed E-state index contributed by atoms with van der Waals surface area (Å²) in [5, 5.41) is 0. The number of hydrogen-bond donors (Lipinski definition) is 0. The molecule has 0 amide bonds. The van der Waals surface area contributed by atoms with Crippen LogP contribution in [0.25, 0.3) is 0 Å². The van der Waals surface area contributed by atoms with Gasteiger partial charge >= 0.3 is 5.97 Å². The van der Waals surface area contributed by atoms with Gasteiger partial charge in [0.05, 0.1) is 7.11 Å². The Morgan fingerprint density at radius 3 is 2.47 bits per heavy atom. The molecule has 0 saturated heterocycles. The van der Waals surface area contributed by atoms with E-state index in [0.29, 0.717) is 12.2 Å². The second-order valence-electron chi connectivity index (χ2n) is 3.65. The number of methoxy groups -OCH3 is 1. The number of allylic oxidation sites excluding steroid dienone is 1. The molecule has 1 atom stereocenters. The Bertz CT molecular complexity index is 384. The summed E-state index contributed by atoms with van der Waals surface area (Å²) in [7, 11) is 1.37. The van der Waals surface area contributed by atoms with Crippen LogP contribution in [0.4, 0.5) is 0 Å². The van der Waals surface area contributed by atoms with Crippen LogP contribution in [0.2, 0.25) is 0 Å².